The Kier molecular flexibility index (Phi) is 6.07. The topological polar surface area (TPSA) is 42.0 Å². The molecule has 1 amide bonds. The van der Waals surface area contributed by atoms with E-state index in [9.17, 15) is 18.0 Å². The van der Waals surface area contributed by atoms with Gasteiger partial charge in [-0.3, -0.25) is 4.79 Å². The largest absolute Gasteiger partial charge is 0.416 e. The molecule has 0 aliphatic carbocycles. The normalized spacial score (nSPS) is 11.7. The second-order valence-electron chi connectivity index (χ2n) is 7.14. The lowest BCUT2D eigenvalue weighted by atomic mass is 9.98. The number of nitrogens with zero attached hydrogens (tertiary/aromatic N) is 1. The van der Waals surface area contributed by atoms with Crippen LogP contribution < -0.4 is 5.32 Å². The highest BCUT2D eigenvalue weighted by molar-refractivity contribution is 7.13. The number of amides is 1. The molecule has 3 nitrogen and oxygen atoms in total. The first kappa shape index (κ1) is 21.0. The number of thiazole rings is 1. The first-order chi connectivity index (χ1) is 13.6. The second kappa shape index (κ2) is 8.37. The fourth-order valence-electron chi connectivity index (χ4n) is 3.01. The van der Waals surface area contributed by atoms with Crippen LogP contribution >= 0.6 is 11.3 Å². The van der Waals surface area contributed by atoms with Crippen LogP contribution in [0.4, 0.5) is 18.9 Å². The molecule has 1 N–H and O–H groups in total. The van der Waals surface area contributed by atoms with Gasteiger partial charge in [0.15, 0.2) is 0 Å². The third-order valence-electron chi connectivity index (χ3n) is 4.54. The van der Waals surface area contributed by atoms with Crippen molar-refractivity contribution in [3.05, 3.63) is 70.2 Å². The maximum absolute atomic E-state index is 12.7. The molecular formula is C22H21F3N2OS. The van der Waals surface area contributed by atoms with Gasteiger partial charge in [-0.1, -0.05) is 44.2 Å². The number of halogens is 3. The Morgan fingerprint density at radius 3 is 2.45 bits per heavy atom. The van der Waals surface area contributed by atoms with E-state index in [4.69, 9.17) is 0 Å². The number of hydrogen-bond donors (Lipinski definition) is 1. The Hall–Kier alpha value is -2.67. The highest BCUT2D eigenvalue weighted by Crippen LogP contribution is 2.32. The van der Waals surface area contributed by atoms with Crippen molar-refractivity contribution in [1.82, 2.24) is 4.98 Å². The minimum Gasteiger partial charge on any atom is -0.325 e. The van der Waals surface area contributed by atoms with Gasteiger partial charge in [0, 0.05) is 16.6 Å². The lowest BCUT2D eigenvalue weighted by molar-refractivity contribution is -0.137. The zero-order valence-corrected chi connectivity index (χ0v) is 17.1. The zero-order valence-electron chi connectivity index (χ0n) is 16.3. The summed E-state index contributed by atoms with van der Waals surface area (Å²) in [5.41, 5.74) is 3.37. The molecule has 29 heavy (non-hydrogen) atoms. The third-order valence-corrected chi connectivity index (χ3v) is 5.48. The molecule has 2 aromatic carbocycles. The van der Waals surface area contributed by atoms with Gasteiger partial charge in [0.25, 0.3) is 0 Å². The van der Waals surface area contributed by atoms with Gasteiger partial charge in [0.05, 0.1) is 17.7 Å². The number of benzene rings is 2. The summed E-state index contributed by atoms with van der Waals surface area (Å²) in [6, 6.07) is 10.8. The molecule has 0 unspecified atom stereocenters. The van der Waals surface area contributed by atoms with Crippen molar-refractivity contribution in [2.75, 3.05) is 5.32 Å². The summed E-state index contributed by atoms with van der Waals surface area (Å²) in [4.78, 5) is 16.9. The van der Waals surface area contributed by atoms with Crippen molar-refractivity contribution in [2.45, 2.75) is 39.3 Å². The minimum atomic E-state index is -4.37. The molecular weight excluding hydrogens is 397 g/mol. The Labute approximate surface area is 171 Å². The van der Waals surface area contributed by atoms with Crippen LogP contribution in [0.1, 0.15) is 42.1 Å². The van der Waals surface area contributed by atoms with Crippen LogP contribution in [0.15, 0.2) is 47.8 Å². The van der Waals surface area contributed by atoms with Gasteiger partial charge >= 0.3 is 6.18 Å². The maximum atomic E-state index is 12.7. The summed E-state index contributed by atoms with van der Waals surface area (Å²) in [5, 5.41) is 5.32. The van der Waals surface area contributed by atoms with Crippen LogP contribution in [0, 0.1) is 6.92 Å². The van der Waals surface area contributed by atoms with E-state index >= 15 is 0 Å². The average Bonchev–Trinajstić information content (AvgIpc) is 3.11. The van der Waals surface area contributed by atoms with Crippen LogP contribution in [0.2, 0.25) is 0 Å². The monoisotopic (exact) mass is 418 g/mol. The van der Waals surface area contributed by atoms with E-state index < -0.39 is 11.7 Å². The van der Waals surface area contributed by atoms with Gasteiger partial charge in [0.1, 0.15) is 5.01 Å². The number of anilines is 1. The standard InChI is InChI=1S/C22H21F3N2OS/c1-13(2)18-6-4-5-14(3)20(18)27-19(28)11-17-12-29-21(26-17)15-7-9-16(10-8-15)22(23,24)25/h4-10,12-13H,11H2,1-3H3,(H,27,28). The fraction of sp³-hybridized carbons (Fsp3) is 0.273. The number of hydrogen-bond acceptors (Lipinski definition) is 3. The lowest BCUT2D eigenvalue weighted by Crippen LogP contribution is -2.17. The molecule has 0 aliphatic heterocycles. The highest BCUT2D eigenvalue weighted by atomic mass is 32.1. The molecule has 0 aliphatic rings. The summed E-state index contributed by atoms with van der Waals surface area (Å²) in [7, 11) is 0. The number of nitrogens with one attached hydrogen (secondary N) is 1. The fourth-order valence-corrected chi connectivity index (χ4v) is 3.84. The number of para-hydroxylation sites is 1. The Balaban J connectivity index is 1.72. The molecule has 0 fully saturated rings. The molecule has 1 aromatic heterocycles. The predicted molar refractivity (Wildman–Crippen MR) is 110 cm³/mol. The van der Waals surface area contributed by atoms with Gasteiger partial charge < -0.3 is 5.32 Å². The Bertz CT molecular complexity index is 1010. The number of carbonyl (C=O) groups excluding carboxylic acids is 1. The summed E-state index contributed by atoms with van der Waals surface area (Å²) >= 11 is 1.30. The van der Waals surface area contributed by atoms with E-state index in [-0.39, 0.29) is 18.2 Å². The van der Waals surface area contributed by atoms with Crippen molar-refractivity contribution < 1.29 is 18.0 Å². The van der Waals surface area contributed by atoms with Gasteiger partial charge in [-0.15, -0.1) is 11.3 Å². The SMILES string of the molecule is Cc1cccc(C(C)C)c1NC(=O)Cc1csc(-c2ccc(C(F)(F)F)cc2)n1. The molecule has 0 saturated heterocycles. The van der Waals surface area contributed by atoms with E-state index in [0.29, 0.717) is 16.3 Å². The van der Waals surface area contributed by atoms with Crippen LogP contribution in [-0.2, 0) is 17.4 Å². The Morgan fingerprint density at radius 2 is 1.83 bits per heavy atom. The third kappa shape index (κ3) is 5.03. The average molecular weight is 418 g/mol. The summed E-state index contributed by atoms with van der Waals surface area (Å²) in [5.74, 6) is 0.0983. The van der Waals surface area contributed by atoms with Crippen molar-refractivity contribution in [3.63, 3.8) is 0 Å². The van der Waals surface area contributed by atoms with Crippen molar-refractivity contribution in [3.8, 4) is 10.6 Å². The van der Waals surface area contributed by atoms with Crippen molar-refractivity contribution >= 4 is 22.9 Å². The molecule has 0 saturated carbocycles. The predicted octanol–water partition coefficient (Wildman–Crippen LogP) is 6.44. The number of alkyl halides is 3. The van der Waals surface area contributed by atoms with Gasteiger partial charge in [0.2, 0.25) is 5.91 Å². The second-order valence-corrected chi connectivity index (χ2v) is 8.00. The van der Waals surface area contributed by atoms with Crippen LogP contribution in [-0.4, -0.2) is 10.9 Å². The smallest absolute Gasteiger partial charge is 0.325 e. The Morgan fingerprint density at radius 1 is 1.14 bits per heavy atom. The zero-order chi connectivity index (χ0) is 21.2. The summed E-state index contributed by atoms with van der Waals surface area (Å²) in [6.45, 7) is 6.09. The molecule has 0 bridgehead atoms. The maximum Gasteiger partial charge on any atom is 0.416 e. The van der Waals surface area contributed by atoms with E-state index in [1.54, 1.807) is 5.38 Å². The van der Waals surface area contributed by atoms with Gasteiger partial charge in [-0.25, -0.2) is 4.98 Å². The first-order valence-corrected chi connectivity index (χ1v) is 10.0. The molecule has 7 heteroatoms. The molecule has 152 valence electrons. The minimum absolute atomic E-state index is 0.100. The molecule has 0 atom stereocenters. The number of carbonyl (C=O) groups is 1. The molecule has 0 radical (unpaired) electrons. The van der Waals surface area contributed by atoms with Crippen LogP contribution in [0.5, 0.6) is 0 Å². The highest BCUT2D eigenvalue weighted by Gasteiger charge is 2.30. The van der Waals surface area contributed by atoms with Crippen LogP contribution in [0.25, 0.3) is 10.6 Å². The molecule has 1 heterocycles. The number of aromatic nitrogens is 1. The summed E-state index contributed by atoms with van der Waals surface area (Å²) in [6.07, 6.45) is -4.27. The van der Waals surface area contributed by atoms with E-state index in [2.05, 4.69) is 24.1 Å². The number of aryl methyl sites for hydroxylation is 1. The van der Waals surface area contributed by atoms with Crippen molar-refractivity contribution in [1.29, 1.82) is 0 Å². The van der Waals surface area contributed by atoms with E-state index in [1.165, 1.54) is 23.5 Å². The molecule has 3 rings (SSSR count). The lowest BCUT2D eigenvalue weighted by Gasteiger charge is -2.16. The van der Waals surface area contributed by atoms with E-state index in [0.717, 1.165) is 28.9 Å². The first-order valence-electron chi connectivity index (χ1n) is 9.16. The molecule has 3 aromatic rings. The van der Waals surface area contributed by atoms with E-state index in [1.807, 2.05) is 25.1 Å². The quantitative estimate of drug-likeness (QED) is 0.518. The molecule has 0 spiro atoms. The van der Waals surface area contributed by atoms with Crippen LogP contribution in [0.3, 0.4) is 0 Å². The summed E-state index contributed by atoms with van der Waals surface area (Å²) < 4.78 is 38.1. The van der Waals surface area contributed by atoms with Gasteiger partial charge in [-0.2, -0.15) is 13.2 Å². The van der Waals surface area contributed by atoms with Gasteiger partial charge in [-0.05, 0) is 36.1 Å². The number of rotatable bonds is 5. The van der Waals surface area contributed by atoms with Crippen molar-refractivity contribution in [2.24, 2.45) is 0 Å².